The summed E-state index contributed by atoms with van der Waals surface area (Å²) in [6.07, 6.45) is 0. The zero-order valence-electron chi connectivity index (χ0n) is 11.5. The van der Waals surface area contributed by atoms with Crippen molar-refractivity contribution >= 4 is 45.0 Å². The molecule has 1 aliphatic rings. The molecule has 1 saturated heterocycles. The van der Waals surface area contributed by atoms with Gasteiger partial charge in [0.25, 0.3) is 5.91 Å². The second-order valence-corrected chi connectivity index (χ2v) is 7.21. The van der Waals surface area contributed by atoms with E-state index in [0.717, 1.165) is 4.47 Å². The molecule has 1 aromatic rings. The number of hydrogen-bond acceptors (Lipinski definition) is 2. The van der Waals surface area contributed by atoms with Crippen molar-refractivity contribution in [3.63, 3.8) is 0 Å². The SMILES string of the molecule is CC(C)(C)C1NC(=O)CN(c2ccc(Br)cc2Cl)C1=O. The molecule has 1 unspecified atom stereocenters. The Morgan fingerprint density at radius 2 is 2.00 bits per heavy atom. The van der Waals surface area contributed by atoms with Gasteiger partial charge in [-0.1, -0.05) is 48.3 Å². The largest absolute Gasteiger partial charge is 0.342 e. The summed E-state index contributed by atoms with van der Waals surface area (Å²) >= 11 is 9.51. The van der Waals surface area contributed by atoms with Crippen LogP contribution in [0.5, 0.6) is 0 Å². The van der Waals surface area contributed by atoms with Crippen molar-refractivity contribution in [3.8, 4) is 0 Å². The van der Waals surface area contributed by atoms with Gasteiger partial charge < -0.3 is 5.32 Å². The van der Waals surface area contributed by atoms with Crippen molar-refractivity contribution in [2.24, 2.45) is 5.41 Å². The molecule has 0 aromatic heterocycles. The average molecular weight is 360 g/mol. The van der Waals surface area contributed by atoms with Gasteiger partial charge in [0.05, 0.1) is 10.7 Å². The van der Waals surface area contributed by atoms with Gasteiger partial charge in [0.15, 0.2) is 0 Å². The molecule has 0 radical (unpaired) electrons. The molecule has 1 aromatic carbocycles. The van der Waals surface area contributed by atoms with Crippen LogP contribution in [-0.2, 0) is 9.59 Å². The second-order valence-electron chi connectivity index (χ2n) is 5.89. The molecule has 6 heteroatoms. The molecular formula is C14H16BrClN2O2. The van der Waals surface area contributed by atoms with Gasteiger partial charge in [-0.2, -0.15) is 0 Å². The molecule has 1 heterocycles. The van der Waals surface area contributed by atoms with Crippen molar-refractivity contribution in [2.45, 2.75) is 26.8 Å². The van der Waals surface area contributed by atoms with Crippen molar-refractivity contribution in [3.05, 3.63) is 27.7 Å². The topological polar surface area (TPSA) is 49.4 Å². The van der Waals surface area contributed by atoms with E-state index in [1.807, 2.05) is 20.8 Å². The van der Waals surface area contributed by atoms with E-state index in [9.17, 15) is 9.59 Å². The molecule has 2 amide bonds. The number of carbonyl (C=O) groups excluding carboxylic acids is 2. The van der Waals surface area contributed by atoms with Crippen LogP contribution < -0.4 is 10.2 Å². The maximum Gasteiger partial charge on any atom is 0.250 e. The molecule has 20 heavy (non-hydrogen) atoms. The fourth-order valence-electron chi connectivity index (χ4n) is 2.14. The van der Waals surface area contributed by atoms with Crippen molar-refractivity contribution in [1.29, 1.82) is 0 Å². The van der Waals surface area contributed by atoms with Gasteiger partial charge in [0.1, 0.15) is 12.6 Å². The summed E-state index contributed by atoms with van der Waals surface area (Å²) in [6, 6.07) is 4.70. The van der Waals surface area contributed by atoms with E-state index < -0.39 is 6.04 Å². The molecule has 1 atom stereocenters. The fourth-order valence-corrected chi connectivity index (χ4v) is 2.91. The van der Waals surface area contributed by atoms with Gasteiger partial charge in [-0.05, 0) is 23.6 Å². The molecule has 0 aliphatic carbocycles. The molecule has 4 nitrogen and oxygen atoms in total. The smallest absolute Gasteiger partial charge is 0.250 e. The normalized spacial score (nSPS) is 20.1. The Bertz CT molecular complexity index is 569. The third-order valence-electron chi connectivity index (χ3n) is 3.19. The van der Waals surface area contributed by atoms with E-state index in [2.05, 4.69) is 21.2 Å². The predicted molar refractivity (Wildman–Crippen MR) is 82.9 cm³/mol. The van der Waals surface area contributed by atoms with Crippen LogP contribution in [0.25, 0.3) is 0 Å². The van der Waals surface area contributed by atoms with E-state index in [0.29, 0.717) is 10.7 Å². The van der Waals surface area contributed by atoms with Crippen molar-refractivity contribution in [2.75, 3.05) is 11.4 Å². The van der Waals surface area contributed by atoms with Gasteiger partial charge in [-0.3, -0.25) is 14.5 Å². The van der Waals surface area contributed by atoms with E-state index in [-0.39, 0.29) is 23.8 Å². The molecule has 2 rings (SSSR count). The first kappa shape index (κ1) is 15.3. The van der Waals surface area contributed by atoms with Crippen LogP contribution in [0.2, 0.25) is 5.02 Å². The number of anilines is 1. The van der Waals surface area contributed by atoms with E-state index in [1.54, 1.807) is 18.2 Å². The molecule has 1 fully saturated rings. The lowest BCUT2D eigenvalue weighted by Gasteiger charge is -2.39. The van der Waals surface area contributed by atoms with Gasteiger partial charge in [-0.15, -0.1) is 0 Å². The summed E-state index contributed by atoms with van der Waals surface area (Å²) in [6.45, 7) is 5.75. The van der Waals surface area contributed by atoms with Crippen LogP contribution >= 0.6 is 27.5 Å². The number of rotatable bonds is 1. The van der Waals surface area contributed by atoms with Crippen LogP contribution in [0.4, 0.5) is 5.69 Å². The Kier molecular flexibility index (Phi) is 4.12. The van der Waals surface area contributed by atoms with Crippen molar-refractivity contribution in [1.82, 2.24) is 5.32 Å². The number of carbonyl (C=O) groups is 2. The molecule has 1 N–H and O–H groups in total. The Morgan fingerprint density at radius 1 is 1.35 bits per heavy atom. The Hall–Kier alpha value is -1.07. The fraction of sp³-hybridized carbons (Fsp3) is 0.429. The minimum atomic E-state index is -0.552. The molecule has 0 bridgehead atoms. The maximum absolute atomic E-state index is 12.6. The standard InChI is InChI=1S/C14H16BrClN2O2/c1-14(2,3)12-13(20)18(7-11(19)17-12)10-5-4-8(15)6-9(10)16/h4-6,12H,7H2,1-3H3,(H,17,19). The number of nitrogens with zero attached hydrogens (tertiary/aromatic N) is 1. The predicted octanol–water partition coefficient (Wildman–Crippen LogP) is 2.98. The van der Waals surface area contributed by atoms with Crippen LogP contribution in [-0.4, -0.2) is 24.4 Å². The minimum absolute atomic E-state index is 0.00718. The lowest BCUT2D eigenvalue weighted by molar-refractivity contribution is -0.133. The molecular weight excluding hydrogens is 344 g/mol. The third-order valence-corrected chi connectivity index (χ3v) is 3.98. The highest BCUT2D eigenvalue weighted by atomic mass is 79.9. The van der Waals surface area contributed by atoms with Crippen LogP contribution in [0.15, 0.2) is 22.7 Å². The molecule has 108 valence electrons. The summed E-state index contributed by atoms with van der Waals surface area (Å²) < 4.78 is 0.826. The van der Waals surface area contributed by atoms with Crippen molar-refractivity contribution < 1.29 is 9.59 Å². The number of halogens is 2. The Labute approximate surface area is 131 Å². The minimum Gasteiger partial charge on any atom is -0.342 e. The van der Waals surface area contributed by atoms with Gasteiger partial charge in [-0.25, -0.2) is 0 Å². The first-order valence-corrected chi connectivity index (χ1v) is 7.43. The highest BCUT2D eigenvalue weighted by molar-refractivity contribution is 9.10. The lowest BCUT2D eigenvalue weighted by atomic mass is 9.84. The average Bonchev–Trinajstić information content (AvgIpc) is 2.31. The third kappa shape index (κ3) is 2.99. The second kappa shape index (κ2) is 5.37. The van der Waals surface area contributed by atoms with E-state index in [1.165, 1.54) is 4.90 Å². The van der Waals surface area contributed by atoms with E-state index >= 15 is 0 Å². The zero-order valence-corrected chi connectivity index (χ0v) is 13.9. The summed E-state index contributed by atoms with van der Waals surface area (Å²) in [5, 5.41) is 3.19. The number of benzene rings is 1. The molecule has 0 saturated carbocycles. The van der Waals surface area contributed by atoms with Gasteiger partial charge in [0, 0.05) is 4.47 Å². The number of hydrogen-bond donors (Lipinski definition) is 1. The van der Waals surface area contributed by atoms with Gasteiger partial charge >= 0.3 is 0 Å². The highest BCUT2D eigenvalue weighted by Crippen LogP contribution is 2.32. The summed E-state index contributed by atoms with van der Waals surface area (Å²) in [5.74, 6) is -0.315. The maximum atomic E-state index is 12.6. The van der Waals surface area contributed by atoms with Crippen LogP contribution in [0.3, 0.4) is 0 Å². The highest BCUT2D eigenvalue weighted by Gasteiger charge is 2.40. The number of nitrogens with one attached hydrogen (secondary N) is 1. The van der Waals surface area contributed by atoms with Crippen LogP contribution in [0.1, 0.15) is 20.8 Å². The number of amides is 2. The zero-order chi connectivity index (χ0) is 15.1. The quantitative estimate of drug-likeness (QED) is 0.838. The molecule has 0 spiro atoms. The number of piperazine rings is 1. The summed E-state index contributed by atoms with van der Waals surface area (Å²) in [5.41, 5.74) is 0.205. The van der Waals surface area contributed by atoms with Gasteiger partial charge in [0.2, 0.25) is 5.91 Å². The van der Waals surface area contributed by atoms with Crippen LogP contribution in [0, 0.1) is 5.41 Å². The monoisotopic (exact) mass is 358 g/mol. The summed E-state index contributed by atoms with van der Waals surface area (Å²) in [4.78, 5) is 25.9. The Morgan fingerprint density at radius 3 is 2.55 bits per heavy atom. The molecule has 1 aliphatic heterocycles. The summed E-state index contributed by atoms with van der Waals surface area (Å²) in [7, 11) is 0. The first-order valence-electron chi connectivity index (χ1n) is 6.26. The lowest BCUT2D eigenvalue weighted by Crippen LogP contribution is -2.62. The van der Waals surface area contributed by atoms with E-state index in [4.69, 9.17) is 11.6 Å². The first-order chi connectivity index (χ1) is 9.20. The Balaban J connectivity index is 2.40.